The van der Waals surface area contributed by atoms with Crippen molar-refractivity contribution >= 4 is 16.0 Å². The first-order chi connectivity index (χ1) is 7.36. The quantitative estimate of drug-likeness (QED) is 0.821. The highest BCUT2D eigenvalue weighted by molar-refractivity contribution is 7.89. The molecule has 0 fully saturated rings. The van der Waals surface area contributed by atoms with Crippen LogP contribution in [0, 0.1) is 0 Å². The van der Waals surface area contributed by atoms with Crippen molar-refractivity contribution < 1.29 is 18.3 Å². The summed E-state index contributed by atoms with van der Waals surface area (Å²) in [7, 11) is -3.72. The highest BCUT2D eigenvalue weighted by atomic mass is 32.2. The van der Waals surface area contributed by atoms with Gasteiger partial charge in [-0.15, -0.1) is 0 Å². The molecule has 6 heteroatoms. The van der Waals surface area contributed by atoms with Gasteiger partial charge < -0.3 is 5.11 Å². The molecule has 0 saturated carbocycles. The summed E-state index contributed by atoms with van der Waals surface area (Å²) in [5.74, 6) is -1.54. The van der Waals surface area contributed by atoms with Gasteiger partial charge in [-0.1, -0.05) is 19.1 Å². The van der Waals surface area contributed by atoms with Crippen LogP contribution in [-0.4, -0.2) is 19.5 Å². The predicted molar refractivity (Wildman–Crippen MR) is 58.5 cm³/mol. The number of carbonyl (C=O) groups is 1. The summed E-state index contributed by atoms with van der Waals surface area (Å²) < 4.78 is 22.0. The van der Waals surface area contributed by atoms with Crippen molar-refractivity contribution in [1.82, 2.24) is 0 Å². The Morgan fingerprint density at radius 2 is 1.88 bits per heavy atom. The maximum Gasteiger partial charge on any atom is 0.310 e. The molecule has 16 heavy (non-hydrogen) atoms. The summed E-state index contributed by atoms with van der Waals surface area (Å²) in [5, 5.41) is 13.8. The van der Waals surface area contributed by atoms with Crippen molar-refractivity contribution in [3.8, 4) is 0 Å². The van der Waals surface area contributed by atoms with Crippen LogP contribution in [0.25, 0.3) is 0 Å². The van der Waals surface area contributed by atoms with E-state index < -0.39 is 21.9 Å². The van der Waals surface area contributed by atoms with Crippen molar-refractivity contribution in [3.05, 3.63) is 29.8 Å². The fourth-order valence-electron chi connectivity index (χ4n) is 1.44. The van der Waals surface area contributed by atoms with Crippen LogP contribution in [0.3, 0.4) is 0 Å². The Morgan fingerprint density at radius 3 is 2.19 bits per heavy atom. The van der Waals surface area contributed by atoms with E-state index in [0.717, 1.165) is 0 Å². The zero-order valence-corrected chi connectivity index (χ0v) is 9.57. The van der Waals surface area contributed by atoms with Gasteiger partial charge in [-0.05, 0) is 24.1 Å². The van der Waals surface area contributed by atoms with E-state index in [-0.39, 0.29) is 4.90 Å². The number of sulfonamides is 1. The molecule has 0 aliphatic carbocycles. The lowest BCUT2D eigenvalue weighted by molar-refractivity contribution is -0.138. The van der Waals surface area contributed by atoms with Crippen LogP contribution in [0.15, 0.2) is 29.2 Å². The smallest absolute Gasteiger partial charge is 0.310 e. The Labute approximate surface area is 93.9 Å². The van der Waals surface area contributed by atoms with E-state index in [1.54, 1.807) is 6.92 Å². The first-order valence-corrected chi connectivity index (χ1v) is 6.26. The number of rotatable bonds is 4. The normalized spacial score (nSPS) is 13.4. The largest absolute Gasteiger partial charge is 0.481 e. The SMILES string of the molecule is CCC(C(=O)O)c1ccc(S(N)(=O)=O)cc1. The Hall–Kier alpha value is -1.40. The second-order valence-electron chi connectivity index (χ2n) is 3.41. The second kappa shape index (κ2) is 4.63. The maximum absolute atomic E-state index is 11.0. The molecule has 0 saturated heterocycles. The van der Waals surface area contributed by atoms with Crippen molar-refractivity contribution in [3.63, 3.8) is 0 Å². The topological polar surface area (TPSA) is 97.5 Å². The number of aliphatic carboxylic acids is 1. The van der Waals surface area contributed by atoms with E-state index in [1.165, 1.54) is 24.3 Å². The minimum atomic E-state index is -3.72. The lowest BCUT2D eigenvalue weighted by atomic mass is 9.97. The van der Waals surface area contributed by atoms with Gasteiger partial charge in [0, 0.05) is 0 Å². The summed E-state index contributed by atoms with van der Waals surface area (Å²) >= 11 is 0. The Morgan fingerprint density at radius 1 is 1.38 bits per heavy atom. The van der Waals surface area contributed by atoms with Crippen molar-refractivity contribution in [2.45, 2.75) is 24.2 Å². The summed E-state index contributed by atoms with van der Waals surface area (Å²) in [6, 6.07) is 5.58. The second-order valence-corrected chi connectivity index (χ2v) is 4.97. The number of primary sulfonamides is 1. The molecule has 0 radical (unpaired) electrons. The van der Waals surface area contributed by atoms with Crippen LogP contribution in [0.4, 0.5) is 0 Å². The van der Waals surface area contributed by atoms with Crippen molar-refractivity contribution in [1.29, 1.82) is 0 Å². The molecule has 0 amide bonds. The summed E-state index contributed by atoms with van der Waals surface area (Å²) in [6.45, 7) is 1.76. The average molecular weight is 243 g/mol. The minimum Gasteiger partial charge on any atom is -0.481 e. The van der Waals surface area contributed by atoms with Crippen LogP contribution < -0.4 is 5.14 Å². The molecule has 3 N–H and O–H groups in total. The zero-order valence-electron chi connectivity index (χ0n) is 8.75. The van der Waals surface area contributed by atoms with Crippen LogP contribution in [0.2, 0.25) is 0 Å². The lowest BCUT2D eigenvalue weighted by Gasteiger charge is -2.10. The monoisotopic (exact) mass is 243 g/mol. The molecule has 88 valence electrons. The molecule has 0 aliphatic heterocycles. The number of carboxylic acid groups (broad SMARTS) is 1. The van der Waals surface area contributed by atoms with E-state index in [9.17, 15) is 13.2 Å². The molecule has 5 nitrogen and oxygen atoms in total. The van der Waals surface area contributed by atoms with Gasteiger partial charge in [0.15, 0.2) is 0 Å². The number of benzene rings is 1. The molecule has 0 heterocycles. The van der Waals surface area contributed by atoms with E-state index in [0.29, 0.717) is 12.0 Å². The summed E-state index contributed by atoms with van der Waals surface area (Å²) in [6.07, 6.45) is 0.448. The highest BCUT2D eigenvalue weighted by Gasteiger charge is 2.18. The Kier molecular flexibility index (Phi) is 3.66. The van der Waals surface area contributed by atoms with Gasteiger partial charge >= 0.3 is 5.97 Å². The molecule has 0 bridgehead atoms. The van der Waals surface area contributed by atoms with Gasteiger partial charge in [-0.25, -0.2) is 13.6 Å². The maximum atomic E-state index is 11.0. The van der Waals surface area contributed by atoms with Crippen molar-refractivity contribution in [2.24, 2.45) is 5.14 Å². The summed E-state index contributed by atoms with van der Waals surface area (Å²) in [5.41, 5.74) is 0.572. The molecule has 1 aromatic carbocycles. The molecule has 0 aromatic heterocycles. The molecular formula is C10H13NO4S. The molecule has 0 spiro atoms. The first kappa shape index (κ1) is 12.7. The van der Waals surface area contributed by atoms with Gasteiger partial charge in [0.25, 0.3) is 0 Å². The predicted octanol–water partition coefficient (Wildman–Crippen LogP) is 0.912. The van der Waals surface area contributed by atoms with Gasteiger partial charge in [0.2, 0.25) is 10.0 Å². The standard InChI is InChI=1S/C10H13NO4S/c1-2-9(10(12)13)7-3-5-8(6-4-7)16(11,14)15/h3-6,9H,2H2,1H3,(H,12,13)(H2,11,14,15). The number of hydrogen-bond donors (Lipinski definition) is 2. The van der Waals surface area contributed by atoms with Gasteiger partial charge in [-0.3, -0.25) is 4.79 Å². The number of carboxylic acids is 1. The van der Waals surface area contributed by atoms with E-state index in [1.807, 2.05) is 0 Å². The molecular weight excluding hydrogens is 230 g/mol. The van der Waals surface area contributed by atoms with E-state index in [2.05, 4.69) is 0 Å². The zero-order chi connectivity index (χ0) is 12.3. The van der Waals surface area contributed by atoms with Crippen molar-refractivity contribution in [2.75, 3.05) is 0 Å². The molecule has 1 rings (SSSR count). The van der Waals surface area contributed by atoms with Crippen LogP contribution in [0.1, 0.15) is 24.8 Å². The third-order valence-electron chi connectivity index (χ3n) is 2.32. The van der Waals surface area contributed by atoms with Gasteiger partial charge in [-0.2, -0.15) is 0 Å². The Bertz CT molecular complexity index is 478. The average Bonchev–Trinajstić information content (AvgIpc) is 2.17. The lowest BCUT2D eigenvalue weighted by Crippen LogP contribution is -2.13. The molecule has 1 unspecified atom stereocenters. The molecule has 0 aliphatic rings. The van der Waals surface area contributed by atoms with Gasteiger partial charge in [0.1, 0.15) is 0 Å². The molecule has 1 aromatic rings. The first-order valence-electron chi connectivity index (χ1n) is 4.71. The fraction of sp³-hybridized carbons (Fsp3) is 0.300. The Balaban J connectivity index is 3.08. The third kappa shape index (κ3) is 2.80. The van der Waals surface area contributed by atoms with Crippen LogP contribution >= 0.6 is 0 Å². The summed E-state index contributed by atoms with van der Waals surface area (Å²) in [4.78, 5) is 10.9. The van der Waals surface area contributed by atoms with Crippen LogP contribution in [-0.2, 0) is 14.8 Å². The molecule has 1 atom stereocenters. The third-order valence-corrected chi connectivity index (χ3v) is 3.25. The highest BCUT2D eigenvalue weighted by Crippen LogP contribution is 2.21. The van der Waals surface area contributed by atoms with E-state index in [4.69, 9.17) is 10.2 Å². The minimum absolute atomic E-state index is 0.0171. The van der Waals surface area contributed by atoms with Gasteiger partial charge in [0.05, 0.1) is 10.8 Å². The van der Waals surface area contributed by atoms with E-state index >= 15 is 0 Å². The number of nitrogens with two attached hydrogens (primary N) is 1. The van der Waals surface area contributed by atoms with Crippen LogP contribution in [0.5, 0.6) is 0 Å². The fourth-order valence-corrected chi connectivity index (χ4v) is 1.96. The number of hydrogen-bond acceptors (Lipinski definition) is 3.